The Morgan fingerprint density at radius 3 is 1.76 bits per heavy atom. The molecular formula is C35H23NO10. The normalized spacial score (nSPS) is 10.5. The van der Waals surface area contributed by atoms with Crippen LogP contribution in [0.4, 0.5) is 5.69 Å². The summed E-state index contributed by atoms with van der Waals surface area (Å²) >= 11 is 0. The molecule has 0 heterocycles. The van der Waals surface area contributed by atoms with Crippen LogP contribution < -0.4 is 4.74 Å². The zero-order valence-electron chi connectivity index (χ0n) is 23.8. The zero-order valence-corrected chi connectivity index (χ0v) is 23.8. The molecule has 5 aromatic carbocycles. The quantitative estimate of drug-likeness (QED) is 0.0470. The number of hydrogen-bond donors (Lipinski definition) is 2. The number of aromatic hydroxyl groups is 2. The van der Waals surface area contributed by atoms with Gasteiger partial charge in [-0.05, 0) is 17.7 Å². The number of esters is 2. The van der Waals surface area contributed by atoms with E-state index < -0.39 is 68.1 Å². The lowest BCUT2D eigenvalue weighted by Gasteiger charge is -2.20. The molecule has 2 N–H and O–H groups in total. The average molecular weight is 618 g/mol. The SMILES string of the molecule is O=C(Oc1c(O)c(O)c(C(=O)c2ccccc2)c(C(=O)OCc2ccccc2)c1C(=O)c1cccc([N+](=O)[O-])c1)c1ccccc1. The molecule has 0 aliphatic carbocycles. The Morgan fingerprint density at radius 1 is 0.609 bits per heavy atom. The van der Waals surface area contributed by atoms with Crippen LogP contribution in [0.1, 0.15) is 58.1 Å². The van der Waals surface area contributed by atoms with Gasteiger partial charge in [0, 0.05) is 23.3 Å². The van der Waals surface area contributed by atoms with Gasteiger partial charge in [-0.1, -0.05) is 91.0 Å². The second-order valence-corrected chi connectivity index (χ2v) is 9.80. The number of carbonyl (C=O) groups excluding carboxylic acids is 4. The number of phenols is 2. The topological polar surface area (TPSA) is 170 Å². The van der Waals surface area contributed by atoms with Crippen molar-refractivity contribution in [3.63, 3.8) is 0 Å². The van der Waals surface area contributed by atoms with E-state index in [-0.39, 0.29) is 23.3 Å². The van der Waals surface area contributed by atoms with Gasteiger partial charge in [0.2, 0.25) is 5.75 Å². The first-order valence-electron chi connectivity index (χ1n) is 13.7. The van der Waals surface area contributed by atoms with Gasteiger partial charge >= 0.3 is 11.9 Å². The second-order valence-electron chi connectivity index (χ2n) is 9.80. The number of nitrogens with zero attached hydrogens (tertiary/aromatic N) is 1. The summed E-state index contributed by atoms with van der Waals surface area (Å²) < 4.78 is 10.9. The molecule has 0 radical (unpaired) electrons. The lowest BCUT2D eigenvalue weighted by Crippen LogP contribution is -2.21. The van der Waals surface area contributed by atoms with Gasteiger partial charge in [-0.25, -0.2) is 9.59 Å². The molecule has 228 valence electrons. The van der Waals surface area contributed by atoms with Gasteiger partial charge in [0.25, 0.3) is 5.69 Å². The summed E-state index contributed by atoms with van der Waals surface area (Å²) in [6.45, 7) is -0.330. The van der Waals surface area contributed by atoms with Crippen LogP contribution >= 0.6 is 0 Å². The number of hydrogen-bond acceptors (Lipinski definition) is 10. The lowest BCUT2D eigenvalue weighted by molar-refractivity contribution is -0.384. The summed E-state index contributed by atoms with van der Waals surface area (Å²) in [6.07, 6.45) is 0. The van der Waals surface area contributed by atoms with Crippen molar-refractivity contribution in [1.82, 2.24) is 0 Å². The first kappa shape index (κ1) is 30.8. The van der Waals surface area contributed by atoms with Gasteiger partial charge in [-0.3, -0.25) is 19.7 Å². The zero-order chi connectivity index (χ0) is 32.8. The molecule has 0 saturated carbocycles. The van der Waals surface area contributed by atoms with Crippen LogP contribution in [0, 0.1) is 10.1 Å². The minimum absolute atomic E-state index is 0.0206. The van der Waals surface area contributed by atoms with E-state index >= 15 is 0 Å². The van der Waals surface area contributed by atoms with E-state index in [4.69, 9.17) is 9.47 Å². The summed E-state index contributed by atoms with van der Waals surface area (Å²) in [6, 6.07) is 27.7. The predicted octanol–water partition coefficient (Wildman–Crippen LogP) is 6.04. The smallest absolute Gasteiger partial charge is 0.343 e. The Morgan fingerprint density at radius 2 is 1.15 bits per heavy atom. The highest BCUT2D eigenvalue weighted by Crippen LogP contribution is 2.46. The van der Waals surface area contributed by atoms with Crippen LogP contribution in [0.25, 0.3) is 0 Å². The fraction of sp³-hybridized carbons (Fsp3) is 0.0286. The van der Waals surface area contributed by atoms with Crippen molar-refractivity contribution >= 4 is 29.2 Å². The molecule has 5 aromatic rings. The average Bonchev–Trinajstić information content (AvgIpc) is 3.09. The van der Waals surface area contributed by atoms with Gasteiger partial charge in [-0.2, -0.15) is 0 Å². The molecule has 0 unspecified atom stereocenters. The van der Waals surface area contributed by atoms with Crippen molar-refractivity contribution in [1.29, 1.82) is 0 Å². The minimum atomic E-state index is -1.29. The number of non-ortho nitro benzene ring substituents is 1. The number of ketones is 2. The number of phenolic OH excluding ortho intramolecular Hbond substituents is 2. The standard InChI is InChI=1S/C35H23NO10/c37-29(22-13-6-2-7-14-22)27-26(35(42)45-20-21-11-4-1-5-12-21)28(30(38)24-17-10-18-25(19-24)36(43)44)33(32(40)31(27)39)46-34(41)23-15-8-3-9-16-23/h1-19,39-40H,20H2. The van der Waals surface area contributed by atoms with E-state index in [1.54, 1.807) is 42.5 Å². The molecule has 0 amide bonds. The van der Waals surface area contributed by atoms with Crippen LogP contribution in [0.3, 0.4) is 0 Å². The van der Waals surface area contributed by atoms with Gasteiger partial charge in [-0.15, -0.1) is 0 Å². The first-order chi connectivity index (χ1) is 22.2. The highest BCUT2D eigenvalue weighted by molar-refractivity contribution is 6.24. The van der Waals surface area contributed by atoms with Crippen molar-refractivity contribution in [2.45, 2.75) is 6.61 Å². The number of carbonyl (C=O) groups is 4. The van der Waals surface area contributed by atoms with Crippen LogP contribution in [0.15, 0.2) is 115 Å². The largest absolute Gasteiger partial charge is 0.504 e. The highest BCUT2D eigenvalue weighted by atomic mass is 16.6. The van der Waals surface area contributed by atoms with Crippen molar-refractivity contribution in [3.8, 4) is 17.2 Å². The van der Waals surface area contributed by atoms with Gasteiger partial charge < -0.3 is 19.7 Å². The molecular weight excluding hydrogens is 594 g/mol. The first-order valence-corrected chi connectivity index (χ1v) is 13.7. The summed E-state index contributed by atoms with van der Waals surface area (Å²) in [5.41, 5.74) is -2.82. The van der Waals surface area contributed by atoms with Crippen LogP contribution in [0.5, 0.6) is 17.2 Å². The number of nitro benzene ring substituents is 1. The monoisotopic (exact) mass is 617 g/mol. The molecule has 0 aromatic heterocycles. The maximum atomic E-state index is 14.2. The van der Waals surface area contributed by atoms with Crippen molar-refractivity contribution in [2.75, 3.05) is 0 Å². The van der Waals surface area contributed by atoms with Gasteiger partial charge in [0.05, 0.1) is 27.2 Å². The van der Waals surface area contributed by atoms with Crippen LogP contribution in [-0.4, -0.2) is 38.6 Å². The fourth-order valence-corrected chi connectivity index (χ4v) is 4.60. The van der Waals surface area contributed by atoms with Gasteiger partial charge in [0.15, 0.2) is 23.1 Å². The number of nitro groups is 1. The Hall–Kier alpha value is -6.62. The second kappa shape index (κ2) is 13.3. The molecule has 0 aliphatic heterocycles. The third-order valence-electron chi connectivity index (χ3n) is 6.83. The highest BCUT2D eigenvalue weighted by Gasteiger charge is 2.38. The molecule has 0 saturated heterocycles. The maximum absolute atomic E-state index is 14.2. The van der Waals surface area contributed by atoms with Crippen LogP contribution in [0.2, 0.25) is 0 Å². The molecule has 0 fully saturated rings. The molecule has 0 bridgehead atoms. The molecule has 46 heavy (non-hydrogen) atoms. The molecule has 11 nitrogen and oxygen atoms in total. The lowest BCUT2D eigenvalue weighted by atomic mass is 9.88. The Kier molecular flexibility index (Phi) is 8.95. The number of rotatable bonds is 10. The summed E-state index contributed by atoms with van der Waals surface area (Å²) in [5.74, 6) is -7.82. The van der Waals surface area contributed by atoms with E-state index in [1.165, 1.54) is 60.7 Å². The third-order valence-corrected chi connectivity index (χ3v) is 6.83. The van der Waals surface area contributed by atoms with E-state index in [2.05, 4.69) is 0 Å². The Labute approximate surface area is 261 Å². The number of benzene rings is 5. The number of ether oxygens (including phenoxy) is 2. The molecule has 11 heteroatoms. The minimum Gasteiger partial charge on any atom is -0.504 e. The van der Waals surface area contributed by atoms with Crippen molar-refractivity contribution in [3.05, 3.63) is 164 Å². The molecule has 0 aliphatic rings. The van der Waals surface area contributed by atoms with E-state index in [0.29, 0.717) is 5.56 Å². The molecule has 0 spiro atoms. The van der Waals surface area contributed by atoms with Gasteiger partial charge in [0.1, 0.15) is 6.61 Å². The molecule has 5 rings (SSSR count). The summed E-state index contributed by atoms with van der Waals surface area (Å²) in [7, 11) is 0. The Bertz CT molecular complexity index is 1970. The summed E-state index contributed by atoms with van der Waals surface area (Å²) in [4.78, 5) is 65.9. The van der Waals surface area contributed by atoms with E-state index in [1.807, 2.05) is 0 Å². The van der Waals surface area contributed by atoms with E-state index in [0.717, 1.165) is 12.1 Å². The summed E-state index contributed by atoms with van der Waals surface area (Å²) in [5, 5.41) is 34.0. The van der Waals surface area contributed by atoms with Crippen LogP contribution in [-0.2, 0) is 11.3 Å². The Balaban J connectivity index is 1.79. The third kappa shape index (κ3) is 6.33. The van der Waals surface area contributed by atoms with E-state index in [9.17, 15) is 39.5 Å². The fourth-order valence-electron chi connectivity index (χ4n) is 4.60. The maximum Gasteiger partial charge on any atom is 0.343 e. The van der Waals surface area contributed by atoms with Crippen molar-refractivity contribution in [2.24, 2.45) is 0 Å². The van der Waals surface area contributed by atoms with Crippen molar-refractivity contribution < 1.29 is 43.8 Å². The molecule has 0 atom stereocenters. The predicted molar refractivity (Wildman–Crippen MR) is 163 cm³/mol.